The van der Waals surface area contributed by atoms with E-state index in [1.54, 1.807) is 24.4 Å². The van der Waals surface area contributed by atoms with Gasteiger partial charge in [0, 0.05) is 11.2 Å². The molecule has 2 rings (SSSR count). The van der Waals surface area contributed by atoms with E-state index in [-0.39, 0.29) is 0 Å². The van der Waals surface area contributed by atoms with Crippen molar-refractivity contribution in [1.82, 2.24) is 4.98 Å². The normalized spacial score (nSPS) is 10.1. The second-order valence-corrected chi connectivity index (χ2v) is 3.90. The Balaban J connectivity index is 2.27. The molecular formula is C12H11ClN2O. The lowest BCUT2D eigenvalue weighted by Gasteiger charge is -2.07. The zero-order valence-electron chi connectivity index (χ0n) is 8.77. The predicted octanol–water partition coefficient (Wildman–Crippen LogP) is 3.42. The van der Waals surface area contributed by atoms with E-state index in [0.29, 0.717) is 22.3 Å². The summed E-state index contributed by atoms with van der Waals surface area (Å²) in [6, 6.07) is 8.91. The maximum absolute atomic E-state index is 5.84. The number of benzene rings is 1. The molecule has 0 atom stereocenters. The molecule has 0 unspecified atom stereocenters. The van der Waals surface area contributed by atoms with Crippen LogP contribution in [0.1, 0.15) is 5.56 Å². The van der Waals surface area contributed by atoms with Gasteiger partial charge in [0.25, 0.3) is 0 Å². The first-order valence-corrected chi connectivity index (χ1v) is 5.18. The van der Waals surface area contributed by atoms with Gasteiger partial charge in [-0.05, 0) is 36.8 Å². The van der Waals surface area contributed by atoms with Gasteiger partial charge in [-0.1, -0.05) is 17.7 Å². The molecule has 2 N–H and O–H groups in total. The zero-order chi connectivity index (χ0) is 11.5. The predicted molar refractivity (Wildman–Crippen MR) is 64.9 cm³/mol. The lowest BCUT2D eigenvalue weighted by molar-refractivity contribution is 0.465. The van der Waals surface area contributed by atoms with E-state index >= 15 is 0 Å². The molecule has 1 aromatic carbocycles. The fourth-order valence-electron chi connectivity index (χ4n) is 1.31. The molecule has 1 heterocycles. The summed E-state index contributed by atoms with van der Waals surface area (Å²) in [6.45, 7) is 1.92. The number of ether oxygens (including phenoxy) is 1. The minimum atomic E-state index is 0.396. The van der Waals surface area contributed by atoms with Crippen LogP contribution in [0.4, 0.5) is 5.69 Å². The van der Waals surface area contributed by atoms with Crippen LogP contribution in [0.25, 0.3) is 0 Å². The van der Waals surface area contributed by atoms with Gasteiger partial charge in [0.15, 0.2) is 0 Å². The van der Waals surface area contributed by atoms with Crippen LogP contribution < -0.4 is 10.5 Å². The Bertz CT molecular complexity index is 514. The highest BCUT2D eigenvalue weighted by atomic mass is 35.5. The number of aryl methyl sites for hydroxylation is 1. The molecule has 1 aromatic heterocycles. The van der Waals surface area contributed by atoms with Crippen LogP contribution in [0, 0.1) is 6.92 Å². The number of hydrogen-bond acceptors (Lipinski definition) is 3. The standard InChI is InChI=1S/C12H11ClN2O/c1-8-5-11(14)12(15-7-8)16-10-4-2-3-9(13)6-10/h2-7H,14H2,1H3. The van der Waals surface area contributed by atoms with E-state index in [4.69, 9.17) is 22.1 Å². The summed E-state index contributed by atoms with van der Waals surface area (Å²) < 4.78 is 5.52. The third kappa shape index (κ3) is 2.44. The first-order valence-electron chi connectivity index (χ1n) is 4.81. The van der Waals surface area contributed by atoms with Crippen LogP contribution >= 0.6 is 11.6 Å². The number of hydrogen-bond donors (Lipinski definition) is 1. The summed E-state index contributed by atoms with van der Waals surface area (Å²) in [5.74, 6) is 1.02. The molecule has 2 aromatic rings. The third-order valence-corrected chi connectivity index (χ3v) is 2.26. The van der Waals surface area contributed by atoms with Crippen LogP contribution in [0.2, 0.25) is 5.02 Å². The first-order chi connectivity index (χ1) is 7.65. The van der Waals surface area contributed by atoms with Crippen LogP contribution in [-0.2, 0) is 0 Å². The van der Waals surface area contributed by atoms with Crippen molar-refractivity contribution in [3.63, 3.8) is 0 Å². The Hall–Kier alpha value is -1.74. The summed E-state index contributed by atoms with van der Waals surface area (Å²) >= 11 is 5.84. The highest BCUT2D eigenvalue weighted by Crippen LogP contribution is 2.26. The molecule has 4 heteroatoms. The van der Waals surface area contributed by atoms with Gasteiger partial charge in [0.2, 0.25) is 5.88 Å². The molecule has 0 spiro atoms. The smallest absolute Gasteiger partial charge is 0.242 e. The highest BCUT2D eigenvalue weighted by molar-refractivity contribution is 6.30. The molecule has 82 valence electrons. The van der Waals surface area contributed by atoms with Crippen molar-refractivity contribution in [2.45, 2.75) is 6.92 Å². The topological polar surface area (TPSA) is 48.1 Å². The van der Waals surface area contributed by atoms with E-state index in [1.165, 1.54) is 0 Å². The molecule has 0 radical (unpaired) electrons. The van der Waals surface area contributed by atoms with Crippen molar-refractivity contribution in [3.05, 3.63) is 47.1 Å². The summed E-state index contributed by atoms with van der Waals surface area (Å²) in [5.41, 5.74) is 7.30. The zero-order valence-corrected chi connectivity index (χ0v) is 9.53. The third-order valence-electron chi connectivity index (χ3n) is 2.03. The fourth-order valence-corrected chi connectivity index (χ4v) is 1.49. The van der Waals surface area contributed by atoms with Gasteiger partial charge in [-0.25, -0.2) is 4.98 Å². The lowest BCUT2D eigenvalue weighted by atomic mass is 10.3. The average Bonchev–Trinajstić information content (AvgIpc) is 2.22. The molecule has 0 amide bonds. The minimum Gasteiger partial charge on any atom is -0.437 e. The van der Waals surface area contributed by atoms with Gasteiger partial charge >= 0.3 is 0 Å². The van der Waals surface area contributed by atoms with Gasteiger partial charge < -0.3 is 10.5 Å². The van der Waals surface area contributed by atoms with Gasteiger partial charge in [-0.2, -0.15) is 0 Å². The lowest BCUT2D eigenvalue weighted by Crippen LogP contribution is -1.95. The maximum Gasteiger partial charge on any atom is 0.242 e. The summed E-state index contributed by atoms with van der Waals surface area (Å²) in [5, 5.41) is 0.614. The molecule has 0 aliphatic rings. The Morgan fingerprint density at radius 1 is 1.31 bits per heavy atom. The van der Waals surface area contributed by atoms with E-state index in [0.717, 1.165) is 5.56 Å². The van der Waals surface area contributed by atoms with Crippen molar-refractivity contribution in [1.29, 1.82) is 0 Å². The highest BCUT2D eigenvalue weighted by Gasteiger charge is 2.04. The van der Waals surface area contributed by atoms with Crippen LogP contribution in [0.3, 0.4) is 0 Å². The summed E-state index contributed by atoms with van der Waals surface area (Å²) in [4.78, 5) is 4.11. The molecule has 0 aliphatic carbocycles. The Morgan fingerprint density at radius 3 is 2.81 bits per heavy atom. The van der Waals surface area contributed by atoms with E-state index in [1.807, 2.05) is 19.1 Å². The number of aromatic nitrogens is 1. The second-order valence-electron chi connectivity index (χ2n) is 3.47. The largest absolute Gasteiger partial charge is 0.437 e. The van der Waals surface area contributed by atoms with Crippen LogP contribution in [0.15, 0.2) is 36.5 Å². The van der Waals surface area contributed by atoms with Crippen molar-refractivity contribution >= 4 is 17.3 Å². The van der Waals surface area contributed by atoms with Gasteiger partial charge in [-0.15, -0.1) is 0 Å². The number of pyridine rings is 1. The average molecular weight is 235 g/mol. The van der Waals surface area contributed by atoms with Crippen LogP contribution in [-0.4, -0.2) is 4.98 Å². The SMILES string of the molecule is Cc1cnc(Oc2cccc(Cl)c2)c(N)c1. The molecule has 0 fully saturated rings. The Kier molecular flexibility index (Phi) is 2.97. The van der Waals surface area contributed by atoms with E-state index in [9.17, 15) is 0 Å². The Morgan fingerprint density at radius 2 is 2.12 bits per heavy atom. The molecule has 0 saturated heterocycles. The molecular weight excluding hydrogens is 224 g/mol. The maximum atomic E-state index is 5.84. The number of anilines is 1. The van der Waals surface area contributed by atoms with E-state index in [2.05, 4.69) is 4.98 Å². The van der Waals surface area contributed by atoms with Gasteiger partial charge in [0.05, 0.1) is 5.69 Å². The van der Waals surface area contributed by atoms with Crippen molar-refractivity contribution in [3.8, 4) is 11.6 Å². The second kappa shape index (κ2) is 4.41. The minimum absolute atomic E-state index is 0.396. The number of nitrogen functional groups attached to an aromatic ring is 1. The quantitative estimate of drug-likeness (QED) is 0.866. The Labute approximate surface area is 98.8 Å². The fraction of sp³-hybridized carbons (Fsp3) is 0.0833. The van der Waals surface area contributed by atoms with Crippen LogP contribution in [0.5, 0.6) is 11.6 Å². The van der Waals surface area contributed by atoms with Gasteiger partial charge in [0.1, 0.15) is 5.75 Å². The number of rotatable bonds is 2. The van der Waals surface area contributed by atoms with Crippen molar-refractivity contribution in [2.75, 3.05) is 5.73 Å². The van der Waals surface area contributed by atoms with Crippen molar-refractivity contribution < 1.29 is 4.74 Å². The van der Waals surface area contributed by atoms with Crippen molar-refractivity contribution in [2.24, 2.45) is 0 Å². The molecule has 0 bridgehead atoms. The molecule has 16 heavy (non-hydrogen) atoms. The molecule has 3 nitrogen and oxygen atoms in total. The number of nitrogens with zero attached hydrogens (tertiary/aromatic N) is 1. The number of nitrogens with two attached hydrogens (primary N) is 1. The number of halogens is 1. The molecule has 0 saturated carbocycles. The van der Waals surface area contributed by atoms with E-state index < -0.39 is 0 Å². The molecule has 0 aliphatic heterocycles. The first kappa shape index (κ1) is 10.8. The van der Waals surface area contributed by atoms with Gasteiger partial charge in [-0.3, -0.25) is 0 Å². The summed E-state index contributed by atoms with van der Waals surface area (Å²) in [6.07, 6.45) is 1.70. The summed E-state index contributed by atoms with van der Waals surface area (Å²) in [7, 11) is 0. The monoisotopic (exact) mass is 234 g/mol.